The Morgan fingerprint density at radius 3 is 2.65 bits per heavy atom. The van der Waals surface area contributed by atoms with Gasteiger partial charge in [-0.1, -0.05) is 27.7 Å². The number of hydrogen-bond donors (Lipinski definition) is 1. The minimum absolute atomic E-state index is 0.122. The van der Waals surface area contributed by atoms with Crippen molar-refractivity contribution in [2.45, 2.75) is 66.0 Å². The van der Waals surface area contributed by atoms with Gasteiger partial charge in [0.1, 0.15) is 0 Å². The van der Waals surface area contributed by atoms with E-state index in [4.69, 9.17) is 4.74 Å². The lowest BCUT2D eigenvalue weighted by molar-refractivity contribution is -0.143. The first-order valence-corrected chi connectivity index (χ1v) is 8.18. The van der Waals surface area contributed by atoms with Crippen LogP contribution in [0.2, 0.25) is 0 Å². The Labute approximate surface area is 122 Å². The van der Waals surface area contributed by atoms with Crippen LogP contribution in [0.5, 0.6) is 0 Å². The third-order valence-corrected chi connectivity index (χ3v) is 6.55. The molecule has 0 aromatic heterocycles. The van der Waals surface area contributed by atoms with Gasteiger partial charge in [-0.15, -0.1) is 0 Å². The Morgan fingerprint density at radius 1 is 1.35 bits per heavy atom. The second-order valence-corrected chi connectivity index (χ2v) is 8.26. The number of ether oxygens (including phenoxy) is 1. The maximum Gasteiger partial charge on any atom is 0.217 e. The first-order valence-electron chi connectivity index (χ1n) is 8.18. The second kappa shape index (κ2) is 4.46. The molecule has 3 heteroatoms. The van der Waals surface area contributed by atoms with Crippen molar-refractivity contribution in [2.75, 3.05) is 6.61 Å². The smallest absolute Gasteiger partial charge is 0.217 e. The number of nitrogens with one attached hydrogen (secondary N) is 1. The molecule has 2 bridgehead atoms. The number of rotatable bonds is 2. The molecule has 0 radical (unpaired) electrons. The zero-order chi connectivity index (χ0) is 14.7. The molecule has 0 unspecified atom stereocenters. The fourth-order valence-corrected chi connectivity index (χ4v) is 5.69. The second-order valence-electron chi connectivity index (χ2n) is 8.26. The average Bonchev–Trinajstić information content (AvgIpc) is 2.82. The van der Waals surface area contributed by atoms with Gasteiger partial charge in [0.2, 0.25) is 5.91 Å². The van der Waals surface area contributed by atoms with Gasteiger partial charge in [0.15, 0.2) is 0 Å². The van der Waals surface area contributed by atoms with Gasteiger partial charge in [-0.25, -0.2) is 0 Å². The van der Waals surface area contributed by atoms with Crippen molar-refractivity contribution < 1.29 is 9.53 Å². The first-order chi connectivity index (χ1) is 9.29. The molecule has 0 aromatic rings. The average molecular weight is 279 g/mol. The zero-order valence-electron chi connectivity index (χ0n) is 13.5. The van der Waals surface area contributed by atoms with E-state index in [1.807, 2.05) is 0 Å². The number of fused-ring (bicyclic) bond motifs is 1. The number of carbonyl (C=O) groups excluding carboxylic acids is 1. The van der Waals surface area contributed by atoms with E-state index in [1.165, 1.54) is 12.8 Å². The molecule has 5 atom stereocenters. The summed E-state index contributed by atoms with van der Waals surface area (Å²) in [5, 5.41) is 3.32. The lowest BCUT2D eigenvalue weighted by Gasteiger charge is -2.54. The maximum atomic E-state index is 11.7. The molecule has 1 aliphatic heterocycles. The summed E-state index contributed by atoms with van der Waals surface area (Å²) in [7, 11) is 0. The van der Waals surface area contributed by atoms with Crippen LogP contribution in [0.15, 0.2) is 0 Å². The van der Waals surface area contributed by atoms with Crippen LogP contribution >= 0.6 is 0 Å². The van der Waals surface area contributed by atoms with Gasteiger partial charge in [-0.05, 0) is 47.8 Å². The van der Waals surface area contributed by atoms with Gasteiger partial charge in [0.25, 0.3) is 0 Å². The quantitative estimate of drug-likeness (QED) is 0.844. The monoisotopic (exact) mass is 279 g/mol. The Bertz CT molecular complexity index is 417. The lowest BCUT2D eigenvalue weighted by atomic mass is 9.58. The first kappa shape index (κ1) is 14.4. The summed E-state index contributed by atoms with van der Waals surface area (Å²) in [5.74, 6) is 2.05. The van der Waals surface area contributed by atoms with Crippen LogP contribution in [-0.2, 0) is 9.53 Å². The van der Waals surface area contributed by atoms with Crippen LogP contribution in [0.1, 0.15) is 53.9 Å². The highest BCUT2D eigenvalue weighted by Crippen LogP contribution is 2.69. The molecule has 3 aliphatic rings. The fraction of sp³-hybridized carbons (Fsp3) is 0.941. The van der Waals surface area contributed by atoms with Crippen molar-refractivity contribution in [3.05, 3.63) is 0 Å². The summed E-state index contributed by atoms with van der Waals surface area (Å²) in [5.41, 5.74) is 0.508. The third-order valence-electron chi connectivity index (χ3n) is 6.55. The molecule has 3 nitrogen and oxygen atoms in total. The molecular formula is C17H29NO2. The molecule has 2 saturated carbocycles. The number of amides is 1. The van der Waals surface area contributed by atoms with Gasteiger partial charge in [-0.2, -0.15) is 0 Å². The van der Waals surface area contributed by atoms with Gasteiger partial charge in [-0.3, -0.25) is 4.79 Å². The van der Waals surface area contributed by atoms with Crippen LogP contribution in [0.3, 0.4) is 0 Å². The van der Waals surface area contributed by atoms with E-state index >= 15 is 0 Å². The van der Waals surface area contributed by atoms with E-state index in [1.54, 1.807) is 6.92 Å². The number of carbonyl (C=O) groups is 1. The fourth-order valence-electron chi connectivity index (χ4n) is 5.69. The van der Waals surface area contributed by atoms with Gasteiger partial charge in [0.05, 0.1) is 6.10 Å². The Balaban J connectivity index is 1.96. The Morgan fingerprint density at radius 2 is 2.05 bits per heavy atom. The van der Waals surface area contributed by atoms with Crippen LogP contribution in [0.4, 0.5) is 0 Å². The molecule has 1 spiro atoms. The predicted molar refractivity (Wildman–Crippen MR) is 79.2 cm³/mol. The van der Waals surface area contributed by atoms with Gasteiger partial charge < -0.3 is 10.1 Å². The van der Waals surface area contributed by atoms with Crippen LogP contribution < -0.4 is 5.32 Å². The summed E-state index contributed by atoms with van der Waals surface area (Å²) < 4.78 is 6.11. The van der Waals surface area contributed by atoms with Crippen molar-refractivity contribution in [1.82, 2.24) is 5.32 Å². The van der Waals surface area contributed by atoms with Crippen LogP contribution in [-0.4, -0.2) is 24.7 Å². The SMILES string of the molecule is CC(=O)N[C@H]1C(C)(C)[C@@H]2C[C@@H]3[C@@H](C(C)C)OCC[C@@]31C2. The van der Waals surface area contributed by atoms with Crippen molar-refractivity contribution >= 4 is 5.91 Å². The molecule has 0 aromatic carbocycles. The predicted octanol–water partition coefficient (Wildman–Crippen LogP) is 2.99. The summed E-state index contributed by atoms with van der Waals surface area (Å²) in [4.78, 5) is 11.7. The summed E-state index contributed by atoms with van der Waals surface area (Å²) in [6, 6.07) is 0.321. The van der Waals surface area contributed by atoms with Gasteiger partial charge >= 0.3 is 0 Å². The molecule has 3 rings (SSSR count). The highest BCUT2D eigenvalue weighted by Gasteiger charge is 2.68. The van der Waals surface area contributed by atoms with E-state index in [0.717, 1.165) is 18.9 Å². The maximum absolute atomic E-state index is 11.7. The summed E-state index contributed by atoms with van der Waals surface area (Å²) in [6.07, 6.45) is 4.06. The minimum atomic E-state index is 0.122. The highest BCUT2D eigenvalue weighted by molar-refractivity contribution is 5.73. The molecule has 1 amide bonds. The molecule has 1 N–H and O–H groups in total. The topological polar surface area (TPSA) is 38.3 Å². The summed E-state index contributed by atoms with van der Waals surface area (Å²) >= 11 is 0. The van der Waals surface area contributed by atoms with Crippen molar-refractivity contribution in [3.8, 4) is 0 Å². The normalized spacial score (nSPS) is 45.5. The summed E-state index contributed by atoms with van der Waals surface area (Å²) in [6.45, 7) is 11.8. The molecule has 3 fully saturated rings. The Hall–Kier alpha value is -0.570. The molecule has 2 aliphatic carbocycles. The zero-order valence-corrected chi connectivity index (χ0v) is 13.5. The molecule has 20 heavy (non-hydrogen) atoms. The van der Waals surface area contributed by atoms with Crippen molar-refractivity contribution in [3.63, 3.8) is 0 Å². The van der Waals surface area contributed by atoms with Crippen molar-refractivity contribution in [2.24, 2.45) is 28.6 Å². The molecule has 1 saturated heterocycles. The van der Waals surface area contributed by atoms with Crippen LogP contribution in [0, 0.1) is 28.6 Å². The van der Waals surface area contributed by atoms with Gasteiger partial charge in [0, 0.05) is 19.6 Å². The van der Waals surface area contributed by atoms with E-state index in [9.17, 15) is 4.79 Å². The Kier molecular flexibility index (Phi) is 3.20. The minimum Gasteiger partial charge on any atom is -0.378 e. The van der Waals surface area contributed by atoms with E-state index in [0.29, 0.717) is 24.0 Å². The standard InChI is InChI=1S/C17H29NO2/c1-10(2)14-13-8-12-9-17(13,6-7-20-14)15(16(12,4)5)18-11(3)19/h10,12-15H,6-9H2,1-5H3,(H,18,19)/t12-,13-,14-,15+,17-/m1/s1. The molecule has 114 valence electrons. The lowest BCUT2D eigenvalue weighted by Crippen LogP contribution is -2.60. The van der Waals surface area contributed by atoms with E-state index in [2.05, 4.69) is 33.0 Å². The number of hydrogen-bond acceptors (Lipinski definition) is 2. The molecule has 1 heterocycles. The highest BCUT2D eigenvalue weighted by atomic mass is 16.5. The van der Waals surface area contributed by atoms with Crippen LogP contribution in [0.25, 0.3) is 0 Å². The van der Waals surface area contributed by atoms with E-state index < -0.39 is 0 Å². The van der Waals surface area contributed by atoms with E-state index in [-0.39, 0.29) is 16.7 Å². The third kappa shape index (κ3) is 1.78. The molecular weight excluding hydrogens is 250 g/mol. The van der Waals surface area contributed by atoms with Crippen molar-refractivity contribution in [1.29, 1.82) is 0 Å². The largest absolute Gasteiger partial charge is 0.378 e.